The Morgan fingerprint density at radius 2 is 2.00 bits per heavy atom. The Morgan fingerprint density at radius 3 is 2.72 bits per heavy atom. The van der Waals surface area contributed by atoms with Crippen molar-refractivity contribution in [1.29, 1.82) is 0 Å². The molecule has 1 amide bonds. The van der Waals surface area contributed by atoms with Crippen LogP contribution in [0.4, 0.5) is 5.69 Å². The largest absolute Gasteiger partial charge is 0.484 e. The molecule has 2 aliphatic rings. The summed E-state index contributed by atoms with van der Waals surface area (Å²) in [7, 11) is -3.10. The van der Waals surface area contributed by atoms with Gasteiger partial charge in [-0.1, -0.05) is 29.4 Å². The molecule has 4 rings (SSSR count). The molecule has 0 radical (unpaired) electrons. The standard InChI is InChI=1S/C19H16ClIN2O4S2/c20-12-4-6-15(7-5-12)27-9-18(24)22-19-23(14-3-1-2-13(21)8-14)16-10-29(25,26)11-17(16)28-19/h1-8,16-17H,9-11H2/t16-,17+/m1/s1. The molecule has 10 heteroatoms. The fourth-order valence-corrected chi connectivity index (χ4v) is 7.89. The van der Waals surface area contributed by atoms with E-state index in [1.807, 2.05) is 29.2 Å². The normalized spacial score (nSPS) is 23.9. The van der Waals surface area contributed by atoms with Crippen LogP contribution in [-0.4, -0.2) is 48.9 Å². The van der Waals surface area contributed by atoms with E-state index in [1.54, 1.807) is 24.3 Å². The molecule has 0 saturated carbocycles. The molecule has 0 spiro atoms. The highest BCUT2D eigenvalue weighted by atomic mass is 127. The lowest BCUT2D eigenvalue weighted by Crippen LogP contribution is -2.37. The summed E-state index contributed by atoms with van der Waals surface area (Å²) in [5.74, 6) is 0.252. The number of aliphatic imine (C=N–C) groups is 1. The second-order valence-electron chi connectivity index (χ2n) is 6.68. The molecule has 2 atom stereocenters. The van der Waals surface area contributed by atoms with Gasteiger partial charge in [-0.15, -0.1) is 0 Å². The van der Waals surface area contributed by atoms with Gasteiger partial charge in [-0.25, -0.2) is 8.42 Å². The number of rotatable bonds is 4. The van der Waals surface area contributed by atoms with Crippen LogP contribution in [0.5, 0.6) is 5.75 Å². The molecule has 0 N–H and O–H groups in total. The SMILES string of the molecule is O=C(COc1ccc(Cl)cc1)N=C1S[C@H]2CS(=O)(=O)C[C@H]2N1c1cccc(I)c1. The number of hydrogen-bond acceptors (Lipinski definition) is 5. The average molecular weight is 563 g/mol. The number of amides is 1. The topological polar surface area (TPSA) is 76.0 Å². The Kier molecular flexibility index (Phi) is 6.10. The van der Waals surface area contributed by atoms with Crippen LogP contribution in [-0.2, 0) is 14.6 Å². The first-order valence-corrected chi connectivity index (χ1v) is 12.9. The zero-order valence-electron chi connectivity index (χ0n) is 15.0. The second-order valence-corrected chi connectivity index (χ2v) is 11.7. The van der Waals surface area contributed by atoms with Crippen molar-refractivity contribution in [3.05, 3.63) is 57.1 Å². The zero-order chi connectivity index (χ0) is 20.6. The van der Waals surface area contributed by atoms with Gasteiger partial charge >= 0.3 is 0 Å². The van der Waals surface area contributed by atoms with Crippen molar-refractivity contribution in [2.45, 2.75) is 11.3 Å². The number of anilines is 1. The number of benzene rings is 2. The predicted molar refractivity (Wildman–Crippen MR) is 125 cm³/mol. The molecule has 0 unspecified atom stereocenters. The molecule has 2 fully saturated rings. The van der Waals surface area contributed by atoms with Crippen molar-refractivity contribution < 1.29 is 17.9 Å². The maximum atomic E-state index is 12.4. The summed E-state index contributed by atoms with van der Waals surface area (Å²) < 4.78 is 30.7. The van der Waals surface area contributed by atoms with Gasteiger partial charge in [0.1, 0.15) is 5.75 Å². The quantitative estimate of drug-likeness (QED) is 0.530. The number of fused-ring (bicyclic) bond motifs is 1. The van der Waals surface area contributed by atoms with E-state index in [9.17, 15) is 13.2 Å². The minimum atomic E-state index is -3.10. The van der Waals surface area contributed by atoms with Gasteiger partial charge in [-0.2, -0.15) is 4.99 Å². The Bertz CT molecular complexity index is 1080. The van der Waals surface area contributed by atoms with E-state index in [1.165, 1.54) is 11.8 Å². The van der Waals surface area contributed by atoms with Crippen LogP contribution < -0.4 is 9.64 Å². The van der Waals surface area contributed by atoms with Gasteiger partial charge in [0.05, 0.1) is 17.5 Å². The first kappa shape index (κ1) is 21.0. The Morgan fingerprint density at radius 1 is 1.24 bits per heavy atom. The van der Waals surface area contributed by atoms with Gasteiger partial charge in [0.2, 0.25) is 0 Å². The third-order valence-corrected chi connectivity index (χ3v) is 8.68. The molecular weight excluding hydrogens is 547 g/mol. The summed E-state index contributed by atoms with van der Waals surface area (Å²) in [5, 5.41) is 0.962. The Hall–Kier alpha value is -1.30. The number of ether oxygens (including phenoxy) is 1. The molecule has 6 nitrogen and oxygen atoms in total. The van der Waals surface area contributed by atoms with Gasteiger partial charge in [0, 0.05) is 19.5 Å². The molecule has 0 aliphatic carbocycles. The van der Waals surface area contributed by atoms with Crippen LogP contribution in [0.15, 0.2) is 53.5 Å². The van der Waals surface area contributed by atoms with Crippen molar-refractivity contribution >= 4 is 72.6 Å². The molecule has 0 aromatic heterocycles. The third-order valence-electron chi connectivity index (χ3n) is 4.55. The maximum absolute atomic E-state index is 12.4. The van der Waals surface area contributed by atoms with Crippen molar-refractivity contribution in [1.82, 2.24) is 0 Å². The lowest BCUT2D eigenvalue weighted by molar-refractivity contribution is -0.119. The van der Waals surface area contributed by atoms with Gasteiger partial charge in [0.15, 0.2) is 21.6 Å². The minimum absolute atomic E-state index is 0.0601. The Balaban J connectivity index is 1.56. The predicted octanol–water partition coefficient (Wildman–Crippen LogP) is 3.63. The van der Waals surface area contributed by atoms with Crippen molar-refractivity contribution in [2.24, 2.45) is 4.99 Å². The van der Waals surface area contributed by atoms with E-state index >= 15 is 0 Å². The first-order valence-electron chi connectivity index (χ1n) is 8.72. The minimum Gasteiger partial charge on any atom is -0.484 e. The second kappa shape index (κ2) is 8.44. The number of sulfone groups is 1. The highest BCUT2D eigenvalue weighted by Crippen LogP contribution is 2.41. The smallest absolute Gasteiger partial charge is 0.285 e. The van der Waals surface area contributed by atoms with E-state index in [0.29, 0.717) is 15.9 Å². The molecule has 2 aromatic rings. The zero-order valence-corrected chi connectivity index (χ0v) is 19.5. The molecule has 152 valence electrons. The summed E-state index contributed by atoms with van der Waals surface area (Å²) in [6.45, 7) is -0.209. The summed E-state index contributed by atoms with van der Waals surface area (Å²) in [4.78, 5) is 18.6. The van der Waals surface area contributed by atoms with Crippen LogP contribution in [0.3, 0.4) is 0 Å². The summed E-state index contributed by atoms with van der Waals surface area (Å²) in [5.41, 5.74) is 0.833. The molecule has 2 aromatic carbocycles. The van der Waals surface area contributed by atoms with Gasteiger partial charge in [0.25, 0.3) is 5.91 Å². The van der Waals surface area contributed by atoms with E-state index in [0.717, 1.165) is 9.26 Å². The summed E-state index contributed by atoms with van der Waals surface area (Å²) in [6.07, 6.45) is 0. The van der Waals surface area contributed by atoms with Crippen molar-refractivity contribution in [3.8, 4) is 5.75 Å². The van der Waals surface area contributed by atoms with Gasteiger partial charge in [-0.3, -0.25) is 4.79 Å². The number of carbonyl (C=O) groups excluding carboxylic acids is 1. The van der Waals surface area contributed by atoms with E-state index < -0.39 is 15.7 Å². The lowest BCUT2D eigenvalue weighted by Gasteiger charge is -2.24. The van der Waals surface area contributed by atoms with E-state index in [-0.39, 0.29) is 29.4 Å². The molecule has 2 saturated heterocycles. The van der Waals surface area contributed by atoms with Crippen LogP contribution in [0.1, 0.15) is 0 Å². The fourth-order valence-electron chi connectivity index (χ4n) is 3.31. The fraction of sp³-hybridized carbons (Fsp3) is 0.263. The average Bonchev–Trinajstić information content (AvgIpc) is 3.12. The molecule has 0 bridgehead atoms. The highest BCUT2D eigenvalue weighted by molar-refractivity contribution is 14.1. The number of halogens is 2. The van der Waals surface area contributed by atoms with Crippen LogP contribution in [0, 0.1) is 3.57 Å². The number of thioether (sulfide) groups is 1. The maximum Gasteiger partial charge on any atom is 0.285 e. The number of amidine groups is 1. The van der Waals surface area contributed by atoms with Gasteiger partial charge in [-0.05, 0) is 65.1 Å². The van der Waals surface area contributed by atoms with Crippen molar-refractivity contribution in [2.75, 3.05) is 23.0 Å². The lowest BCUT2D eigenvalue weighted by atomic mass is 10.2. The van der Waals surface area contributed by atoms with Crippen LogP contribution in [0.25, 0.3) is 0 Å². The van der Waals surface area contributed by atoms with Crippen molar-refractivity contribution in [3.63, 3.8) is 0 Å². The molecule has 2 heterocycles. The van der Waals surface area contributed by atoms with Crippen LogP contribution >= 0.6 is 46.0 Å². The number of hydrogen-bond donors (Lipinski definition) is 0. The third kappa shape index (κ3) is 4.89. The first-order chi connectivity index (χ1) is 13.8. The summed E-state index contributed by atoms with van der Waals surface area (Å²) in [6, 6.07) is 14.2. The van der Waals surface area contributed by atoms with Gasteiger partial charge < -0.3 is 9.64 Å². The molecule has 2 aliphatic heterocycles. The monoisotopic (exact) mass is 562 g/mol. The van der Waals surface area contributed by atoms with E-state index in [2.05, 4.69) is 27.6 Å². The molecule has 29 heavy (non-hydrogen) atoms. The molecular formula is C19H16ClIN2O4S2. The van der Waals surface area contributed by atoms with Crippen LogP contribution in [0.2, 0.25) is 5.02 Å². The number of nitrogens with zero attached hydrogens (tertiary/aromatic N) is 2. The van der Waals surface area contributed by atoms with E-state index in [4.69, 9.17) is 16.3 Å². The summed E-state index contributed by atoms with van der Waals surface area (Å²) >= 11 is 9.39. The Labute approximate surface area is 191 Å². The number of carbonyl (C=O) groups is 1. The highest BCUT2D eigenvalue weighted by Gasteiger charge is 2.49.